The fourth-order valence-corrected chi connectivity index (χ4v) is 0. The van der Waals surface area contributed by atoms with Gasteiger partial charge in [0.25, 0.3) is 0 Å². The van der Waals surface area contributed by atoms with Crippen LogP contribution in [-0.2, 0) is 38.9 Å². The van der Waals surface area contributed by atoms with Crippen molar-refractivity contribution in [1.82, 2.24) is 0 Å². The molecule has 0 saturated carbocycles. The van der Waals surface area contributed by atoms with Crippen LogP contribution in [0.1, 0.15) is 6.92 Å². The molecule has 0 spiro atoms. The van der Waals surface area contributed by atoms with E-state index < -0.39 is 5.97 Å². The Kier molecular flexibility index (Phi) is 8020. The molecule has 0 rings (SSSR count). The summed E-state index contributed by atoms with van der Waals surface area (Å²) in [6.45, 7) is 0.972. The van der Waals surface area contributed by atoms with Gasteiger partial charge in [-0.15, -0.1) is 0 Å². The number of rotatable bonds is 0. The second kappa shape index (κ2) is 337. The predicted molar refractivity (Wildman–Crippen MR) is 46.8 cm³/mol. The van der Waals surface area contributed by atoms with Crippen LogP contribution in [0.25, 0.3) is 0 Å². The molecule has 0 saturated heterocycles. The summed E-state index contributed by atoms with van der Waals surface area (Å²) in [5, 5.41) is 8.89. The van der Waals surface area contributed by atoms with Crippen LogP contribution in [0.5, 0.6) is 0 Å². The van der Waals surface area contributed by atoms with E-state index in [9.17, 15) is 0 Å². The number of carboxylic acid groups (broad SMARTS) is 1. The van der Waals surface area contributed by atoms with Gasteiger partial charge in [-0.1, -0.05) is 0 Å². The quantitative estimate of drug-likeness (QED) is 0.367. The van der Waals surface area contributed by atoms with Crippen LogP contribution in [0.3, 0.4) is 0 Å². The van der Waals surface area contributed by atoms with Crippen molar-refractivity contribution in [1.29, 1.82) is 0 Å². The van der Waals surface area contributed by atoms with E-state index in [2.05, 4.69) is 0 Å². The Morgan fingerprint density at radius 2 is 0.647 bits per heavy atom. The van der Waals surface area contributed by atoms with Crippen LogP contribution in [0, 0.1) is 0 Å². The van der Waals surface area contributed by atoms with E-state index in [-0.39, 0.29) is 101 Å². The monoisotopic (exact) mass is 384 g/mol. The third-order valence-corrected chi connectivity index (χ3v) is 0. The van der Waals surface area contributed by atoms with Crippen LogP contribution in [0.4, 0.5) is 0 Å². The van der Waals surface area contributed by atoms with Crippen LogP contribution in [0.15, 0.2) is 0 Å². The molecule has 2 radical (unpaired) electrons. The minimum Gasteiger partial charge on any atom is -1.00 e. The Balaban J connectivity index is -0.000000000577. The third kappa shape index (κ3) is 21400. The number of halogens is 1. The molecule has 20 N–H and O–H groups in total. The van der Waals surface area contributed by atoms with Gasteiger partial charge in [0.15, 0.2) is 0 Å². The molecule has 15 heteroatoms. The first-order valence-corrected chi connectivity index (χ1v) is 0.908. The summed E-state index contributed by atoms with van der Waals surface area (Å²) in [6, 6.07) is 0. The standard InChI is InChI=1S/C2H4O2.ClH.2Mn.10H2O/c1-2(3)4;;;;;;;;;;;;;/h1H3,(H,3,4);1H;;;10*1H2/q;;2*+2;;;;;;;;;;/p-2. The van der Waals surface area contributed by atoms with Crippen molar-refractivity contribution >= 4 is 5.97 Å². The maximum Gasteiger partial charge on any atom is 2.00 e. The predicted octanol–water partition coefficient (Wildman–Crippen LogP) is -12.5. The van der Waals surface area contributed by atoms with Gasteiger partial charge < -0.3 is 77.1 Å². The summed E-state index contributed by atoms with van der Waals surface area (Å²) in [5.41, 5.74) is 0. The number of hydrogen-bond donors (Lipinski definition) is 0. The summed E-state index contributed by atoms with van der Waals surface area (Å²) >= 11 is 0. The molecule has 17 heavy (non-hydrogen) atoms. The third-order valence-electron chi connectivity index (χ3n) is 0. The van der Waals surface area contributed by atoms with Gasteiger partial charge in [0.2, 0.25) is 0 Å². The molecule has 0 aliphatic carbocycles. The van der Waals surface area contributed by atoms with Crippen molar-refractivity contribution in [2.24, 2.45) is 0 Å². The Morgan fingerprint density at radius 3 is 0.647 bits per heavy atom. The van der Waals surface area contributed by atoms with E-state index in [0.29, 0.717) is 0 Å². The molecule has 0 bridgehead atoms. The van der Waals surface area contributed by atoms with Gasteiger partial charge >= 0.3 is 34.1 Å². The van der Waals surface area contributed by atoms with Gasteiger partial charge in [-0.2, -0.15) is 0 Å². The minimum atomic E-state index is -1.08. The Morgan fingerprint density at radius 1 is 0.647 bits per heavy atom. The largest absolute Gasteiger partial charge is 2.00 e. The first kappa shape index (κ1) is 405. The Bertz CT molecular complexity index is 45.5. The van der Waals surface area contributed by atoms with Gasteiger partial charge in [-0.3, -0.25) is 0 Å². The molecule has 0 aromatic heterocycles. The molecule has 0 atom stereocenters. The van der Waals surface area contributed by atoms with Crippen molar-refractivity contribution in [3.05, 3.63) is 0 Å². The van der Waals surface area contributed by atoms with Crippen molar-refractivity contribution in [3.8, 4) is 0 Å². The molecule has 0 fully saturated rings. The SMILES string of the molecule is CC(=O)[O-].O.O.O.O.O.O.O.O.O.O.[Cl-].[Mn+2].[Mn+2]. The number of carbonyl (C=O) groups is 1. The average Bonchev–Trinajstić information content (AvgIpc) is 0.811. The second-order valence-electron chi connectivity index (χ2n) is 0.492. The van der Waals surface area contributed by atoms with E-state index in [4.69, 9.17) is 9.90 Å². The van der Waals surface area contributed by atoms with E-state index in [0.717, 1.165) is 6.92 Å². The van der Waals surface area contributed by atoms with Crippen LogP contribution in [-0.4, -0.2) is 60.7 Å². The summed E-state index contributed by atoms with van der Waals surface area (Å²) in [7, 11) is 0. The van der Waals surface area contributed by atoms with Crippen LogP contribution < -0.4 is 17.5 Å². The fourth-order valence-electron chi connectivity index (χ4n) is 0. The van der Waals surface area contributed by atoms with Crippen molar-refractivity contribution < 1.29 is 111 Å². The molecule has 0 heterocycles. The summed E-state index contributed by atoms with van der Waals surface area (Å²) in [4.78, 5) is 8.89. The Labute approximate surface area is 124 Å². The summed E-state index contributed by atoms with van der Waals surface area (Å²) < 4.78 is 0. The second-order valence-corrected chi connectivity index (χ2v) is 0.492. The summed E-state index contributed by atoms with van der Waals surface area (Å²) in [6.07, 6.45) is 0. The number of aliphatic carboxylic acids is 1. The molecular formula is C2H23ClMn2O12+2. The van der Waals surface area contributed by atoms with E-state index in [1.165, 1.54) is 0 Å². The van der Waals surface area contributed by atoms with Crippen molar-refractivity contribution in [3.63, 3.8) is 0 Å². The zero-order chi connectivity index (χ0) is 3.58. The molecule has 12 nitrogen and oxygen atoms in total. The zero-order valence-electron chi connectivity index (χ0n) is 8.45. The van der Waals surface area contributed by atoms with Gasteiger partial charge in [0.05, 0.1) is 0 Å². The van der Waals surface area contributed by atoms with E-state index in [1.807, 2.05) is 0 Å². The molecule has 0 aliphatic rings. The van der Waals surface area contributed by atoms with Crippen LogP contribution >= 0.6 is 0 Å². The van der Waals surface area contributed by atoms with Crippen LogP contribution in [0.2, 0.25) is 0 Å². The molecule has 0 aromatic rings. The van der Waals surface area contributed by atoms with E-state index in [1.54, 1.807) is 0 Å². The van der Waals surface area contributed by atoms with Crippen molar-refractivity contribution in [2.45, 2.75) is 6.92 Å². The fraction of sp³-hybridized carbons (Fsp3) is 0.500. The van der Waals surface area contributed by atoms with Gasteiger partial charge in [0.1, 0.15) is 0 Å². The van der Waals surface area contributed by atoms with E-state index >= 15 is 0 Å². The van der Waals surface area contributed by atoms with Crippen molar-refractivity contribution in [2.75, 3.05) is 0 Å². The number of carboxylic acids is 1. The maximum absolute atomic E-state index is 8.89. The minimum absolute atomic E-state index is 0. The smallest absolute Gasteiger partial charge is 1.00 e. The van der Waals surface area contributed by atoms with Gasteiger partial charge in [-0.05, 0) is 6.92 Å². The molecule has 122 valence electrons. The first-order valence-electron chi connectivity index (χ1n) is 0.908. The summed E-state index contributed by atoms with van der Waals surface area (Å²) in [5.74, 6) is -1.08. The normalized spacial score (nSPS) is 1.47. The van der Waals surface area contributed by atoms with Gasteiger partial charge in [-0.25, -0.2) is 0 Å². The number of hydrogen-bond acceptors (Lipinski definition) is 2. The first-order chi connectivity index (χ1) is 1.73. The topological polar surface area (TPSA) is 355 Å². The average molecular weight is 385 g/mol. The maximum atomic E-state index is 8.89. The van der Waals surface area contributed by atoms with Gasteiger partial charge in [0, 0.05) is 5.97 Å². The molecule has 0 amide bonds. The molecule has 0 unspecified atom stereocenters. The molecule has 0 aliphatic heterocycles. The molecular weight excluding hydrogens is 361 g/mol. The number of carbonyl (C=O) groups excluding carboxylic acids is 1. The molecule has 0 aromatic carbocycles. The Hall–Kier alpha value is 0.399. The zero-order valence-corrected chi connectivity index (χ0v) is 11.6.